The van der Waals surface area contributed by atoms with Crippen LogP contribution < -0.4 is 10.1 Å². The highest BCUT2D eigenvalue weighted by Gasteiger charge is 2.11. The van der Waals surface area contributed by atoms with Crippen LogP contribution in [0.25, 0.3) is 0 Å². The van der Waals surface area contributed by atoms with Crippen LogP contribution in [0.15, 0.2) is 48.5 Å². The van der Waals surface area contributed by atoms with Crippen molar-refractivity contribution in [2.75, 3.05) is 11.9 Å². The van der Waals surface area contributed by atoms with Gasteiger partial charge in [-0.3, -0.25) is 4.79 Å². The van der Waals surface area contributed by atoms with Crippen molar-refractivity contribution in [2.45, 2.75) is 27.2 Å². The summed E-state index contributed by atoms with van der Waals surface area (Å²) in [5.41, 5.74) is 2.39. The summed E-state index contributed by atoms with van der Waals surface area (Å²) in [6, 6.07) is 16.7. The minimum atomic E-state index is -0.295. The number of carbonyl (C=O) groups excluding carboxylic acids is 1. The van der Waals surface area contributed by atoms with Crippen molar-refractivity contribution in [1.29, 1.82) is 5.26 Å². The van der Waals surface area contributed by atoms with Gasteiger partial charge in [0.2, 0.25) is 0 Å². The molecule has 4 heteroatoms. The smallest absolute Gasteiger partial charge is 0.262 e. The summed E-state index contributed by atoms with van der Waals surface area (Å²) in [7, 11) is 0. The molecule has 0 aliphatic heterocycles. The molecule has 0 saturated carbocycles. The van der Waals surface area contributed by atoms with Crippen molar-refractivity contribution >= 4 is 11.6 Å². The first kappa shape index (κ1) is 17.6. The van der Waals surface area contributed by atoms with Crippen LogP contribution in [-0.4, -0.2) is 12.5 Å². The molecule has 0 aliphatic carbocycles. The van der Waals surface area contributed by atoms with Crippen molar-refractivity contribution in [3.8, 4) is 11.8 Å². The summed E-state index contributed by atoms with van der Waals surface area (Å²) in [4.78, 5) is 12.0. The third-order valence-electron chi connectivity index (χ3n) is 3.35. The number of nitrogens with one attached hydrogen (secondary N) is 1. The van der Waals surface area contributed by atoms with Gasteiger partial charge in [-0.1, -0.05) is 45.0 Å². The largest absolute Gasteiger partial charge is 0.484 e. The van der Waals surface area contributed by atoms with Crippen LogP contribution in [0.5, 0.6) is 5.75 Å². The number of benzene rings is 2. The van der Waals surface area contributed by atoms with Crippen LogP contribution in [0.1, 0.15) is 31.9 Å². The molecule has 1 amide bonds. The third kappa shape index (κ3) is 5.44. The lowest BCUT2D eigenvalue weighted by atomic mass is 9.88. The zero-order chi connectivity index (χ0) is 17.6. The monoisotopic (exact) mass is 322 g/mol. The van der Waals surface area contributed by atoms with Gasteiger partial charge < -0.3 is 10.1 Å². The maximum atomic E-state index is 12.0. The van der Waals surface area contributed by atoms with E-state index in [4.69, 9.17) is 10.00 Å². The summed E-state index contributed by atoms with van der Waals surface area (Å²) in [5.74, 6) is 0.354. The third-order valence-corrected chi connectivity index (χ3v) is 3.35. The lowest BCUT2D eigenvalue weighted by molar-refractivity contribution is -0.118. The topological polar surface area (TPSA) is 62.1 Å². The fourth-order valence-corrected chi connectivity index (χ4v) is 2.34. The summed E-state index contributed by atoms with van der Waals surface area (Å²) in [6.07, 6.45) is 0.985. The minimum absolute atomic E-state index is 0.0988. The molecule has 0 radical (unpaired) electrons. The highest BCUT2D eigenvalue weighted by molar-refractivity contribution is 5.93. The number of amides is 1. The Morgan fingerprint density at radius 2 is 1.79 bits per heavy atom. The van der Waals surface area contributed by atoms with Crippen LogP contribution >= 0.6 is 0 Å². The Morgan fingerprint density at radius 1 is 1.12 bits per heavy atom. The lowest BCUT2D eigenvalue weighted by Gasteiger charge is -2.18. The number of anilines is 1. The van der Waals surface area contributed by atoms with Gasteiger partial charge >= 0.3 is 0 Å². The first-order chi connectivity index (χ1) is 11.4. The second kappa shape index (κ2) is 7.65. The maximum Gasteiger partial charge on any atom is 0.262 e. The Bertz CT molecular complexity index is 737. The highest BCUT2D eigenvalue weighted by Crippen LogP contribution is 2.22. The summed E-state index contributed by atoms with van der Waals surface area (Å²) < 4.78 is 5.50. The van der Waals surface area contributed by atoms with Crippen LogP contribution in [0.4, 0.5) is 5.69 Å². The molecule has 0 atom stereocenters. The molecule has 2 rings (SSSR count). The van der Waals surface area contributed by atoms with E-state index in [0.29, 0.717) is 17.0 Å². The predicted molar refractivity (Wildman–Crippen MR) is 94.9 cm³/mol. The Balaban J connectivity index is 1.89. The van der Waals surface area contributed by atoms with E-state index in [-0.39, 0.29) is 17.9 Å². The molecule has 0 spiro atoms. The number of rotatable bonds is 5. The van der Waals surface area contributed by atoms with E-state index < -0.39 is 0 Å². The van der Waals surface area contributed by atoms with Gasteiger partial charge in [0.25, 0.3) is 5.91 Å². The van der Waals surface area contributed by atoms with Crippen molar-refractivity contribution < 1.29 is 9.53 Å². The quantitative estimate of drug-likeness (QED) is 0.899. The Hall–Kier alpha value is -2.80. The van der Waals surface area contributed by atoms with Gasteiger partial charge in [0, 0.05) is 0 Å². The Morgan fingerprint density at radius 3 is 2.42 bits per heavy atom. The molecule has 0 unspecified atom stereocenters. The number of ether oxygens (including phenoxy) is 1. The second-order valence-corrected chi connectivity index (χ2v) is 6.88. The molecule has 0 fully saturated rings. The molecule has 0 aromatic heterocycles. The van der Waals surface area contributed by atoms with Crippen molar-refractivity contribution in [2.24, 2.45) is 5.41 Å². The number of hydrogen-bond acceptors (Lipinski definition) is 3. The van der Waals surface area contributed by atoms with Crippen molar-refractivity contribution in [3.63, 3.8) is 0 Å². The SMILES string of the molecule is CC(C)(C)Cc1ccc(OCC(=O)Nc2ccccc2C#N)cc1. The van der Waals surface area contributed by atoms with Gasteiger partial charge in [-0.05, 0) is 41.7 Å². The molecule has 24 heavy (non-hydrogen) atoms. The van der Waals surface area contributed by atoms with E-state index in [2.05, 4.69) is 26.1 Å². The zero-order valence-electron chi connectivity index (χ0n) is 14.3. The van der Waals surface area contributed by atoms with Gasteiger partial charge in [-0.2, -0.15) is 5.26 Å². The van der Waals surface area contributed by atoms with Gasteiger partial charge in [-0.25, -0.2) is 0 Å². The average Bonchev–Trinajstić information content (AvgIpc) is 2.53. The van der Waals surface area contributed by atoms with Crippen LogP contribution in [-0.2, 0) is 11.2 Å². The number of nitrogens with zero attached hydrogens (tertiary/aromatic N) is 1. The molecule has 4 nitrogen and oxygen atoms in total. The molecule has 2 aromatic rings. The molecule has 2 aromatic carbocycles. The number of nitriles is 1. The van der Waals surface area contributed by atoms with E-state index in [1.807, 2.05) is 30.3 Å². The molecule has 0 saturated heterocycles. The summed E-state index contributed by atoms with van der Waals surface area (Å²) in [5, 5.41) is 11.7. The van der Waals surface area contributed by atoms with Gasteiger partial charge in [0.15, 0.2) is 6.61 Å². The molecule has 124 valence electrons. The number of hydrogen-bond donors (Lipinski definition) is 1. The minimum Gasteiger partial charge on any atom is -0.484 e. The second-order valence-electron chi connectivity index (χ2n) is 6.88. The van der Waals surface area contributed by atoms with Crippen LogP contribution in [0, 0.1) is 16.7 Å². The first-order valence-corrected chi connectivity index (χ1v) is 7.88. The van der Waals surface area contributed by atoms with E-state index in [1.54, 1.807) is 24.3 Å². The molecular formula is C20H22N2O2. The van der Waals surface area contributed by atoms with Gasteiger partial charge in [-0.15, -0.1) is 0 Å². The average molecular weight is 322 g/mol. The summed E-state index contributed by atoms with van der Waals surface area (Å²) >= 11 is 0. The fourth-order valence-electron chi connectivity index (χ4n) is 2.34. The molecule has 0 bridgehead atoms. The first-order valence-electron chi connectivity index (χ1n) is 7.88. The van der Waals surface area contributed by atoms with E-state index in [9.17, 15) is 4.79 Å². The molecule has 0 aliphatic rings. The summed E-state index contributed by atoms with van der Waals surface area (Å²) in [6.45, 7) is 6.49. The Kier molecular flexibility index (Phi) is 5.59. The molecule has 0 heterocycles. The van der Waals surface area contributed by atoms with Gasteiger partial charge in [0.1, 0.15) is 11.8 Å². The van der Waals surface area contributed by atoms with Gasteiger partial charge in [0.05, 0.1) is 11.3 Å². The van der Waals surface area contributed by atoms with E-state index in [1.165, 1.54) is 5.56 Å². The number of carbonyl (C=O) groups is 1. The van der Waals surface area contributed by atoms with Crippen LogP contribution in [0.2, 0.25) is 0 Å². The predicted octanol–water partition coefficient (Wildman–Crippen LogP) is 4.16. The standard InChI is InChI=1S/C20H22N2O2/c1-20(2,3)12-15-8-10-17(11-9-15)24-14-19(23)22-18-7-5-4-6-16(18)13-21/h4-11H,12,14H2,1-3H3,(H,22,23). The molecular weight excluding hydrogens is 300 g/mol. The fraction of sp³-hybridized carbons (Fsp3) is 0.300. The number of para-hydroxylation sites is 1. The Labute approximate surface area is 143 Å². The van der Waals surface area contributed by atoms with Crippen molar-refractivity contribution in [3.05, 3.63) is 59.7 Å². The van der Waals surface area contributed by atoms with Crippen LogP contribution in [0.3, 0.4) is 0 Å². The lowest BCUT2D eigenvalue weighted by Crippen LogP contribution is -2.20. The highest BCUT2D eigenvalue weighted by atomic mass is 16.5. The molecule has 1 N–H and O–H groups in total. The van der Waals surface area contributed by atoms with E-state index in [0.717, 1.165) is 6.42 Å². The zero-order valence-corrected chi connectivity index (χ0v) is 14.3. The van der Waals surface area contributed by atoms with E-state index >= 15 is 0 Å². The normalized spacial score (nSPS) is 10.8. The van der Waals surface area contributed by atoms with Crippen molar-refractivity contribution in [1.82, 2.24) is 0 Å². The maximum absolute atomic E-state index is 12.0.